The molecule has 0 saturated carbocycles. The van der Waals surface area contributed by atoms with Gasteiger partial charge in [-0.15, -0.1) is 0 Å². The maximum atomic E-state index is 13.1. The standard InChI is InChI=1S/C13H13F3N2O2S/c1-21-7-3-6-18-9-5-2-4-8(11(19)20)10(9)17-12(18)13(14,15)16/h2,4-5H,3,6-7H2,1H3,(H,19,20). The van der Waals surface area contributed by atoms with Crippen molar-refractivity contribution in [1.82, 2.24) is 9.55 Å². The molecule has 0 saturated heterocycles. The van der Waals surface area contributed by atoms with E-state index in [0.717, 1.165) is 10.3 Å². The minimum Gasteiger partial charge on any atom is -0.478 e. The number of carboxylic acid groups (broad SMARTS) is 1. The first-order valence-electron chi connectivity index (χ1n) is 6.15. The van der Waals surface area contributed by atoms with Crippen molar-refractivity contribution in [3.8, 4) is 0 Å². The van der Waals surface area contributed by atoms with Gasteiger partial charge in [0.25, 0.3) is 0 Å². The highest BCUT2D eigenvalue weighted by atomic mass is 32.2. The predicted octanol–water partition coefficient (Wildman–Crippen LogP) is 3.51. The summed E-state index contributed by atoms with van der Waals surface area (Å²) < 4.78 is 40.3. The summed E-state index contributed by atoms with van der Waals surface area (Å²) in [6.07, 6.45) is -2.19. The second kappa shape index (κ2) is 5.97. The van der Waals surface area contributed by atoms with E-state index in [1.165, 1.54) is 18.2 Å². The molecular weight excluding hydrogens is 305 g/mol. The molecule has 1 heterocycles. The van der Waals surface area contributed by atoms with Gasteiger partial charge in [-0.1, -0.05) is 6.07 Å². The molecule has 0 unspecified atom stereocenters. The molecule has 21 heavy (non-hydrogen) atoms. The monoisotopic (exact) mass is 318 g/mol. The Balaban J connectivity index is 2.61. The third kappa shape index (κ3) is 3.15. The SMILES string of the molecule is CSCCCn1c(C(F)(F)F)nc2c(C(=O)O)cccc21. The molecule has 0 aliphatic carbocycles. The first kappa shape index (κ1) is 15.7. The van der Waals surface area contributed by atoms with Crippen LogP contribution in [0.15, 0.2) is 18.2 Å². The van der Waals surface area contributed by atoms with Crippen LogP contribution in [0.3, 0.4) is 0 Å². The fourth-order valence-corrected chi connectivity index (χ4v) is 2.55. The topological polar surface area (TPSA) is 55.1 Å². The number of benzene rings is 1. The maximum Gasteiger partial charge on any atom is 0.449 e. The maximum absolute atomic E-state index is 13.1. The van der Waals surface area contributed by atoms with Crippen LogP contribution in [0.4, 0.5) is 13.2 Å². The van der Waals surface area contributed by atoms with Crippen molar-refractivity contribution in [2.24, 2.45) is 0 Å². The van der Waals surface area contributed by atoms with E-state index in [9.17, 15) is 18.0 Å². The third-order valence-electron chi connectivity index (χ3n) is 2.99. The molecule has 0 aliphatic rings. The zero-order valence-electron chi connectivity index (χ0n) is 11.1. The highest BCUT2D eigenvalue weighted by molar-refractivity contribution is 7.98. The van der Waals surface area contributed by atoms with Gasteiger partial charge in [-0.25, -0.2) is 9.78 Å². The van der Waals surface area contributed by atoms with Gasteiger partial charge in [0.05, 0.1) is 11.1 Å². The highest BCUT2D eigenvalue weighted by Crippen LogP contribution is 2.32. The smallest absolute Gasteiger partial charge is 0.449 e. The fourth-order valence-electron chi connectivity index (χ4n) is 2.13. The number of carbonyl (C=O) groups is 1. The minimum absolute atomic E-state index is 0.124. The molecular formula is C13H13F3N2O2S. The van der Waals surface area contributed by atoms with Crippen molar-refractivity contribution in [2.75, 3.05) is 12.0 Å². The number of carboxylic acids is 1. The lowest BCUT2D eigenvalue weighted by Crippen LogP contribution is -2.15. The van der Waals surface area contributed by atoms with Gasteiger partial charge in [0.1, 0.15) is 5.52 Å². The van der Waals surface area contributed by atoms with Gasteiger partial charge in [0, 0.05) is 6.54 Å². The van der Waals surface area contributed by atoms with Gasteiger partial charge in [0.2, 0.25) is 5.82 Å². The first-order chi connectivity index (χ1) is 9.86. The van der Waals surface area contributed by atoms with Crippen LogP contribution in [0.25, 0.3) is 11.0 Å². The van der Waals surface area contributed by atoms with Crippen molar-refractivity contribution in [1.29, 1.82) is 0 Å². The number of aromatic nitrogens is 2. The van der Waals surface area contributed by atoms with Gasteiger partial charge in [-0.2, -0.15) is 24.9 Å². The van der Waals surface area contributed by atoms with Crippen molar-refractivity contribution in [3.05, 3.63) is 29.6 Å². The molecule has 0 atom stereocenters. The Bertz CT molecular complexity index is 667. The predicted molar refractivity (Wildman–Crippen MR) is 74.7 cm³/mol. The Labute approximate surface area is 123 Å². The molecule has 8 heteroatoms. The number of hydrogen-bond acceptors (Lipinski definition) is 3. The number of halogens is 3. The summed E-state index contributed by atoms with van der Waals surface area (Å²) in [6.45, 7) is 0.148. The van der Waals surface area contributed by atoms with Crippen molar-refractivity contribution in [3.63, 3.8) is 0 Å². The molecule has 1 N–H and O–H groups in total. The molecule has 2 aromatic rings. The Kier molecular flexibility index (Phi) is 4.46. The van der Waals surface area contributed by atoms with E-state index in [-0.39, 0.29) is 23.1 Å². The van der Waals surface area contributed by atoms with E-state index in [2.05, 4.69) is 4.98 Å². The lowest BCUT2D eigenvalue weighted by atomic mass is 10.2. The number of rotatable bonds is 5. The molecule has 0 amide bonds. The molecule has 0 radical (unpaired) electrons. The summed E-state index contributed by atoms with van der Waals surface area (Å²) in [4.78, 5) is 14.6. The number of fused-ring (bicyclic) bond motifs is 1. The average Bonchev–Trinajstić information content (AvgIpc) is 2.77. The Hall–Kier alpha value is -1.70. The van der Waals surface area contributed by atoms with Crippen molar-refractivity contribution in [2.45, 2.75) is 19.1 Å². The molecule has 0 spiro atoms. The van der Waals surface area contributed by atoms with Gasteiger partial charge in [-0.3, -0.25) is 0 Å². The van der Waals surface area contributed by atoms with Crippen molar-refractivity contribution < 1.29 is 23.1 Å². The second-order valence-electron chi connectivity index (χ2n) is 4.41. The van der Waals surface area contributed by atoms with Gasteiger partial charge in [0.15, 0.2) is 0 Å². The normalized spacial score (nSPS) is 12.0. The number of aromatic carboxylic acids is 1. The number of hydrogen-bond donors (Lipinski definition) is 1. The average molecular weight is 318 g/mol. The van der Waals surface area contributed by atoms with E-state index in [1.807, 2.05) is 6.26 Å². The van der Waals surface area contributed by atoms with Gasteiger partial charge in [-0.05, 0) is 30.6 Å². The molecule has 1 aromatic heterocycles. The van der Waals surface area contributed by atoms with E-state index in [1.54, 1.807) is 11.8 Å². The van der Waals surface area contributed by atoms with E-state index < -0.39 is 18.0 Å². The Morgan fingerprint density at radius 1 is 1.43 bits per heavy atom. The number of thioether (sulfide) groups is 1. The third-order valence-corrected chi connectivity index (χ3v) is 3.69. The van der Waals surface area contributed by atoms with Crippen LogP contribution in [0.2, 0.25) is 0 Å². The van der Waals surface area contributed by atoms with E-state index in [0.29, 0.717) is 6.42 Å². The van der Waals surface area contributed by atoms with Crippen LogP contribution in [0.5, 0.6) is 0 Å². The molecule has 0 fully saturated rings. The van der Waals surface area contributed by atoms with Crippen LogP contribution in [0, 0.1) is 0 Å². The summed E-state index contributed by atoms with van der Waals surface area (Å²) in [5, 5.41) is 9.07. The lowest BCUT2D eigenvalue weighted by molar-refractivity contribution is -0.146. The lowest BCUT2D eigenvalue weighted by Gasteiger charge is -2.10. The fraction of sp³-hybridized carbons (Fsp3) is 0.385. The summed E-state index contributed by atoms with van der Waals surface area (Å²) in [7, 11) is 0. The second-order valence-corrected chi connectivity index (χ2v) is 5.40. The number of aryl methyl sites for hydroxylation is 1. The molecule has 2 rings (SSSR count). The summed E-state index contributed by atoms with van der Waals surface area (Å²) in [5.41, 5.74) is -0.147. The van der Waals surface area contributed by atoms with Gasteiger partial charge >= 0.3 is 12.1 Å². The number of para-hydroxylation sites is 1. The van der Waals surface area contributed by atoms with E-state index in [4.69, 9.17) is 5.11 Å². The summed E-state index contributed by atoms with van der Waals surface area (Å²) in [5.74, 6) is -1.62. The molecule has 4 nitrogen and oxygen atoms in total. The minimum atomic E-state index is -4.62. The Morgan fingerprint density at radius 2 is 2.14 bits per heavy atom. The van der Waals surface area contributed by atoms with E-state index >= 15 is 0 Å². The quantitative estimate of drug-likeness (QED) is 0.857. The largest absolute Gasteiger partial charge is 0.478 e. The molecule has 114 valence electrons. The summed E-state index contributed by atoms with van der Waals surface area (Å²) >= 11 is 1.54. The zero-order valence-corrected chi connectivity index (χ0v) is 12.0. The highest BCUT2D eigenvalue weighted by Gasteiger charge is 2.38. The molecule has 1 aromatic carbocycles. The first-order valence-corrected chi connectivity index (χ1v) is 7.54. The van der Waals surface area contributed by atoms with Crippen LogP contribution < -0.4 is 0 Å². The van der Waals surface area contributed by atoms with Crippen LogP contribution in [-0.4, -0.2) is 32.6 Å². The Morgan fingerprint density at radius 3 is 2.71 bits per heavy atom. The van der Waals surface area contributed by atoms with Crippen molar-refractivity contribution >= 4 is 28.8 Å². The van der Waals surface area contributed by atoms with Gasteiger partial charge < -0.3 is 9.67 Å². The number of alkyl halides is 3. The number of nitrogens with zero attached hydrogens (tertiary/aromatic N) is 2. The summed E-state index contributed by atoms with van der Waals surface area (Å²) in [6, 6.07) is 4.14. The zero-order chi connectivity index (χ0) is 15.6. The van der Waals surface area contributed by atoms with Crippen LogP contribution in [-0.2, 0) is 12.7 Å². The number of imidazole rings is 1. The molecule has 0 bridgehead atoms. The molecule has 0 aliphatic heterocycles. The van der Waals surface area contributed by atoms with Crippen LogP contribution >= 0.6 is 11.8 Å². The van der Waals surface area contributed by atoms with Crippen LogP contribution in [0.1, 0.15) is 22.6 Å².